The van der Waals surface area contributed by atoms with E-state index in [1.807, 2.05) is 18.2 Å². The van der Waals surface area contributed by atoms with Gasteiger partial charge in [-0.25, -0.2) is 0 Å². The lowest BCUT2D eigenvalue weighted by Gasteiger charge is -2.17. The van der Waals surface area contributed by atoms with Crippen LogP contribution >= 0.6 is 0 Å². The Morgan fingerprint density at radius 3 is 2.34 bits per heavy atom. The molecule has 0 N–H and O–H groups in total. The van der Waals surface area contributed by atoms with Gasteiger partial charge in [0.1, 0.15) is 11.5 Å². The molecule has 1 saturated heterocycles. The molecule has 1 amide bonds. The average Bonchev–Trinajstić information content (AvgIpc) is 3.46. The summed E-state index contributed by atoms with van der Waals surface area (Å²) in [5.74, 6) is 3.25. The molecule has 4 rings (SSSR count). The minimum atomic E-state index is -0.170. The van der Waals surface area contributed by atoms with Crippen LogP contribution in [0.3, 0.4) is 0 Å². The fourth-order valence-corrected chi connectivity index (χ4v) is 3.74. The molecule has 32 heavy (non-hydrogen) atoms. The van der Waals surface area contributed by atoms with Crippen molar-refractivity contribution in [2.24, 2.45) is 0 Å². The average molecular weight is 439 g/mol. The van der Waals surface area contributed by atoms with Crippen LogP contribution in [0.5, 0.6) is 23.0 Å². The van der Waals surface area contributed by atoms with Crippen molar-refractivity contribution in [2.75, 3.05) is 35.0 Å². The number of likely N-dealkylation sites (tertiary alicyclic amines) is 1. The van der Waals surface area contributed by atoms with Gasteiger partial charge in [0.2, 0.25) is 17.6 Å². The standard InChI is InChI=1S/C23H25N3O6/c1-28-17-8-15(9-18(11-17)29-2)22-24-23(32-25-22)16-10-21(27)26(13-16)12-14-5-6-19(30-3)20(7-14)31-4/h5-9,11,16H,10,12-13H2,1-4H3. The fourth-order valence-electron chi connectivity index (χ4n) is 3.74. The number of hydrogen-bond acceptors (Lipinski definition) is 8. The summed E-state index contributed by atoms with van der Waals surface area (Å²) in [6.07, 6.45) is 0.316. The Kier molecular flexibility index (Phi) is 6.16. The van der Waals surface area contributed by atoms with E-state index in [1.54, 1.807) is 51.5 Å². The number of hydrogen-bond donors (Lipinski definition) is 0. The van der Waals surface area contributed by atoms with Gasteiger partial charge >= 0.3 is 0 Å². The van der Waals surface area contributed by atoms with E-state index in [9.17, 15) is 4.79 Å². The molecule has 9 nitrogen and oxygen atoms in total. The fraction of sp³-hybridized carbons (Fsp3) is 0.348. The van der Waals surface area contributed by atoms with Crippen molar-refractivity contribution in [2.45, 2.75) is 18.9 Å². The number of carbonyl (C=O) groups is 1. The van der Waals surface area contributed by atoms with Crippen molar-refractivity contribution in [3.8, 4) is 34.4 Å². The van der Waals surface area contributed by atoms with E-state index in [0.29, 0.717) is 59.8 Å². The molecule has 2 aromatic carbocycles. The molecule has 1 aromatic heterocycles. The lowest BCUT2D eigenvalue weighted by Crippen LogP contribution is -2.24. The third-order valence-corrected chi connectivity index (χ3v) is 5.44. The molecule has 9 heteroatoms. The molecule has 0 saturated carbocycles. The second-order valence-electron chi connectivity index (χ2n) is 7.42. The Morgan fingerprint density at radius 2 is 1.69 bits per heavy atom. The highest BCUT2D eigenvalue weighted by Gasteiger charge is 2.34. The zero-order valence-corrected chi connectivity index (χ0v) is 18.5. The molecule has 3 aromatic rings. The van der Waals surface area contributed by atoms with E-state index in [4.69, 9.17) is 23.5 Å². The van der Waals surface area contributed by atoms with E-state index in [0.717, 1.165) is 5.56 Å². The minimum Gasteiger partial charge on any atom is -0.497 e. The van der Waals surface area contributed by atoms with Crippen LogP contribution in [0.15, 0.2) is 40.9 Å². The van der Waals surface area contributed by atoms with Gasteiger partial charge in [0, 0.05) is 31.1 Å². The maximum atomic E-state index is 12.6. The number of aromatic nitrogens is 2. The molecule has 168 valence electrons. The van der Waals surface area contributed by atoms with Crippen molar-refractivity contribution in [1.29, 1.82) is 0 Å². The number of methoxy groups -OCH3 is 4. The van der Waals surface area contributed by atoms with Crippen molar-refractivity contribution in [1.82, 2.24) is 15.0 Å². The third-order valence-electron chi connectivity index (χ3n) is 5.44. The molecule has 2 heterocycles. The first-order chi connectivity index (χ1) is 15.5. The molecule has 1 aliphatic rings. The molecular weight excluding hydrogens is 414 g/mol. The van der Waals surface area contributed by atoms with Crippen molar-refractivity contribution >= 4 is 5.91 Å². The van der Waals surface area contributed by atoms with Gasteiger partial charge in [0.25, 0.3) is 0 Å². The predicted molar refractivity (Wildman–Crippen MR) is 115 cm³/mol. The number of amides is 1. The van der Waals surface area contributed by atoms with Crippen molar-refractivity contribution < 1.29 is 28.3 Å². The second kappa shape index (κ2) is 9.17. The van der Waals surface area contributed by atoms with Gasteiger partial charge < -0.3 is 28.4 Å². The SMILES string of the molecule is COc1cc(OC)cc(-c2noc(C3CC(=O)N(Cc4ccc(OC)c(OC)c4)C3)n2)c1. The Morgan fingerprint density at radius 1 is 0.969 bits per heavy atom. The monoisotopic (exact) mass is 439 g/mol. The van der Waals surface area contributed by atoms with E-state index in [-0.39, 0.29) is 11.8 Å². The Labute approximate surface area is 185 Å². The molecular formula is C23H25N3O6. The van der Waals surface area contributed by atoms with Crippen LogP contribution in [0, 0.1) is 0 Å². The number of rotatable bonds is 8. The summed E-state index contributed by atoms with van der Waals surface area (Å²) in [4.78, 5) is 18.9. The van der Waals surface area contributed by atoms with Gasteiger partial charge in [-0.1, -0.05) is 11.2 Å². The number of nitrogens with zero attached hydrogens (tertiary/aromatic N) is 3. The first-order valence-electron chi connectivity index (χ1n) is 10.1. The van der Waals surface area contributed by atoms with Gasteiger partial charge in [0.05, 0.1) is 34.4 Å². The molecule has 0 aliphatic carbocycles. The highest BCUT2D eigenvalue weighted by molar-refractivity contribution is 5.79. The summed E-state index contributed by atoms with van der Waals surface area (Å²) >= 11 is 0. The summed E-state index contributed by atoms with van der Waals surface area (Å²) in [7, 11) is 6.34. The van der Waals surface area contributed by atoms with E-state index in [1.165, 1.54) is 0 Å². The molecule has 1 aliphatic heterocycles. The molecule has 1 unspecified atom stereocenters. The van der Waals surface area contributed by atoms with Gasteiger partial charge in [-0.3, -0.25) is 4.79 Å². The third kappa shape index (κ3) is 4.32. The minimum absolute atomic E-state index is 0.0348. The molecule has 0 bridgehead atoms. The van der Waals surface area contributed by atoms with Gasteiger partial charge in [-0.15, -0.1) is 0 Å². The van der Waals surface area contributed by atoms with Crippen LogP contribution in [-0.2, 0) is 11.3 Å². The van der Waals surface area contributed by atoms with Crippen LogP contribution in [0.2, 0.25) is 0 Å². The smallest absolute Gasteiger partial charge is 0.232 e. The van der Waals surface area contributed by atoms with Crippen molar-refractivity contribution in [3.63, 3.8) is 0 Å². The van der Waals surface area contributed by atoms with E-state index in [2.05, 4.69) is 10.1 Å². The first-order valence-corrected chi connectivity index (χ1v) is 10.1. The summed E-state index contributed by atoms with van der Waals surface area (Å²) < 4.78 is 26.8. The van der Waals surface area contributed by atoms with E-state index < -0.39 is 0 Å². The first kappa shape index (κ1) is 21.5. The van der Waals surface area contributed by atoms with Gasteiger partial charge in [-0.05, 0) is 29.8 Å². The Bertz CT molecular complexity index is 1090. The predicted octanol–water partition coefficient (Wildman–Crippen LogP) is 3.29. The number of carbonyl (C=O) groups excluding carboxylic acids is 1. The largest absolute Gasteiger partial charge is 0.497 e. The van der Waals surface area contributed by atoms with Crippen LogP contribution in [0.1, 0.15) is 23.8 Å². The highest BCUT2D eigenvalue weighted by Crippen LogP contribution is 2.33. The molecule has 1 atom stereocenters. The summed E-state index contributed by atoms with van der Waals surface area (Å²) in [6, 6.07) is 11.0. The van der Waals surface area contributed by atoms with Crippen molar-refractivity contribution in [3.05, 3.63) is 47.9 Å². The van der Waals surface area contributed by atoms with Crippen LogP contribution in [-0.4, -0.2) is 55.9 Å². The summed E-state index contributed by atoms with van der Waals surface area (Å²) in [5.41, 5.74) is 1.66. The van der Waals surface area contributed by atoms with Gasteiger partial charge in [-0.2, -0.15) is 4.98 Å². The molecule has 0 spiro atoms. The quantitative estimate of drug-likeness (QED) is 0.528. The maximum absolute atomic E-state index is 12.6. The Balaban J connectivity index is 1.49. The van der Waals surface area contributed by atoms with Crippen LogP contribution in [0.25, 0.3) is 11.4 Å². The summed E-state index contributed by atoms with van der Waals surface area (Å²) in [6.45, 7) is 0.958. The molecule has 1 fully saturated rings. The highest BCUT2D eigenvalue weighted by atomic mass is 16.5. The summed E-state index contributed by atoms with van der Waals surface area (Å²) in [5, 5.41) is 4.10. The lowest BCUT2D eigenvalue weighted by molar-refractivity contribution is -0.128. The normalized spacial score (nSPS) is 15.7. The van der Waals surface area contributed by atoms with Gasteiger partial charge in [0.15, 0.2) is 11.5 Å². The van der Waals surface area contributed by atoms with E-state index >= 15 is 0 Å². The topological polar surface area (TPSA) is 96.2 Å². The van der Waals surface area contributed by atoms with Crippen LogP contribution in [0.4, 0.5) is 0 Å². The second-order valence-corrected chi connectivity index (χ2v) is 7.42. The number of ether oxygens (including phenoxy) is 4. The maximum Gasteiger partial charge on any atom is 0.232 e. The zero-order chi connectivity index (χ0) is 22.7. The number of benzene rings is 2. The lowest BCUT2D eigenvalue weighted by atomic mass is 10.1. The molecule has 0 radical (unpaired) electrons. The van der Waals surface area contributed by atoms with Crippen LogP contribution < -0.4 is 18.9 Å². The zero-order valence-electron chi connectivity index (χ0n) is 18.5. The Hall–Kier alpha value is -3.75.